The van der Waals surface area contributed by atoms with Gasteiger partial charge in [-0.15, -0.1) is 0 Å². The largest absolute Gasteiger partial charge is 0.416 e. The molecule has 0 unspecified atom stereocenters. The Kier molecular flexibility index (Phi) is 13.1. The van der Waals surface area contributed by atoms with Gasteiger partial charge in [0.2, 0.25) is 0 Å². The zero-order chi connectivity index (χ0) is 37.0. The third-order valence-electron chi connectivity index (χ3n) is 6.71. The molecule has 3 aromatic heterocycles. The third kappa shape index (κ3) is 11.6. The highest BCUT2D eigenvalue weighted by atomic mass is 35.5. The van der Waals surface area contributed by atoms with Crippen molar-refractivity contribution < 1.29 is 13.2 Å². The second-order valence-corrected chi connectivity index (χ2v) is 11.4. The van der Waals surface area contributed by atoms with E-state index < -0.39 is 11.7 Å². The lowest BCUT2D eigenvalue weighted by Gasteiger charge is -2.10. The quantitative estimate of drug-likeness (QED) is 0.130. The van der Waals surface area contributed by atoms with Gasteiger partial charge in [-0.2, -0.15) is 13.2 Å². The van der Waals surface area contributed by atoms with Gasteiger partial charge in [0.05, 0.1) is 52.8 Å². The van der Waals surface area contributed by atoms with Crippen molar-refractivity contribution in [1.29, 1.82) is 0 Å². The number of anilines is 5. The zero-order valence-corrected chi connectivity index (χ0v) is 28.9. The Morgan fingerprint density at radius 2 is 1.22 bits per heavy atom. The number of nitrogens with two attached hydrogens (primary N) is 3. The van der Waals surface area contributed by atoms with E-state index in [1.807, 2.05) is 79.1 Å². The summed E-state index contributed by atoms with van der Waals surface area (Å²) in [5, 5.41) is 3.61. The van der Waals surface area contributed by atoms with Crippen LogP contribution >= 0.6 is 23.2 Å². The average molecular weight is 734 g/mol. The van der Waals surface area contributed by atoms with E-state index in [0.29, 0.717) is 39.0 Å². The van der Waals surface area contributed by atoms with E-state index in [0.717, 1.165) is 34.7 Å². The Labute approximate surface area is 302 Å². The first-order chi connectivity index (χ1) is 24.3. The minimum absolute atomic E-state index is 0.317. The summed E-state index contributed by atoms with van der Waals surface area (Å²) in [5.74, 6) is 1.75. The van der Waals surface area contributed by atoms with Crippen LogP contribution in [-0.4, -0.2) is 29.5 Å². The predicted octanol–water partition coefficient (Wildman–Crippen LogP) is 9.10. The summed E-state index contributed by atoms with van der Waals surface area (Å²) >= 11 is 10.8. The van der Waals surface area contributed by atoms with E-state index in [4.69, 9.17) is 40.4 Å². The van der Waals surface area contributed by atoms with Gasteiger partial charge < -0.3 is 22.5 Å². The SMILES string of the molecule is Cc1ccc(N)cc1.Cc1nc2ccccc2n1-c1cncc(Nc2ccc(C(F)(F)F)cc2)n1.Clc1cncc(Cl)n1.Nc1ccccc1N. The van der Waals surface area contributed by atoms with Gasteiger partial charge in [-0.1, -0.05) is 65.2 Å². The number of rotatable bonds is 3. The van der Waals surface area contributed by atoms with E-state index in [1.165, 1.54) is 36.3 Å². The molecule has 0 aliphatic heterocycles. The van der Waals surface area contributed by atoms with Gasteiger partial charge in [0.25, 0.3) is 0 Å². The normalized spacial score (nSPS) is 10.5. The van der Waals surface area contributed by atoms with Crippen molar-refractivity contribution in [3.8, 4) is 5.82 Å². The molecule has 0 saturated heterocycles. The Bertz CT molecular complexity index is 2100. The van der Waals surface area contributed by atoms with Crippen LogP contribution in [0, 0.1) is 13.8 Å². The smallest absolute Gasteiger partial charge is 0.399 e. The number of hydrogen-bond acceptors (Lipinski definition) is 9. The number of nitrogen functional groups attached to an aromatic ring is 3. The highest BCUT2D eigenvalue weighted by Gasteiger charge is 2.29. The first kappa shape index (κ1) is 37.9. The van der Waals surface area contributed by atoms with Crippen molar-refractivity contribution in [2.75, 3.05) is 22.5 Å². The number of benzene rings is 4. The number of hydrogen-bond donors (Lipinski definition) is 4. The van der Waals surface area contributed by atoms with Crippen molar-refractivity contribution >= 4 is 62.8 Å². The maximum absolute atomic E-state index is 12.7. The highest BCUT2D eigenvalue weighted by molar-refractivity contribution is 6.32. The number of aryl methyl sites for hydroxylation is 2. The van der Waals surface area contributed by atoms with Gasteiger partial charge in [-0.3, -0.25) is 14.5 Å². The molecule has 262 valence electrons. The molecule has 0 aliphatic rings. The van der Waals surface area contributed by atoms with E-state index >= 15 is 0 Å². The standard InChI is InChI=1S/C19H14F3N5.C7H9N.C6H8N2.C4H2Cl2N2/c1-12-24-15-4-2-3-5-16(15)27(12)18-11-23-10-17(26-18)25-14-8-6-13(7-9-14)19(20,21)22;1-6-2-4-7(8)5-3-6;7-5-3-1-2-4-6(5)8;5-3-1-7-2-4(6)8-3/h2-11H,1H3,(H,25,26);2-5H,8H2,1H3;1-4H,7-8H2;1-2H. The molecule has 4 aromatic carbocycles. The number of nitrogens with zero attached hydrogens (tertiary/aromatic N) is 6. The van der Waals surface area contributed by atoms with Crippen LogP contribution < -0.4 is 22.5 Å². The molecular formula is C36H33Cl2F3N10. The molecule has 0 amide bonds. The number of nitrogens with one attached hydrogen (secondary N) is 1. The molecule has 0 saturated carbocycles. The third-order valence-corrected chi connectivity index (χ3v) is 7.08. The van der Waals surface area contributed by atoms with Crippen LogP contribution in [0.4, 0.5) is 41.7 Å². The molecule has 51 heavy (non-hydrogen) atoms. The monoisotopic (exact) mass is 732 g/mol. The second kappa shape index (κ2) is 17.7. The lowest BCUT2D eigenvalue weighted by molar-refractivity contribution is -0.137. The number of para-hydroxylation sites is 4. The second-order valence-electron chi connectivity index (χ2n) is 10.6. The van der Waals surface area contributed by atoms with E-state index in [-0.39, 0.29) is 0 Å². The Morgan fingerprint density at radius 3 is 1.75 bits per heavy atom. The average Bonchev–Trinajstić information content (AvgIpc) is 3.44. The van der Waals surface area contributed by atoms with Crippen molar-refractivity contribution in [3.05, 3.63) is 149 Å². The molecule has 7 rings (SSSR count). The van der Waals surface area contributed by atoms with Crippen LogP contribution in [0.25, 0.3) is 16.9 Å². The summed E-state index contributed by atoms with van der Waals surface area (Å²) in [6.45, 7) is 3.91. The number of fused-ring (bicyclic) bond motifs is 1. The summed E-state index contributed by atoms with van der Waals surface area (Å²) in [4.78, 5) is 20.5. The summed E-state index contributed by atoms with van der Waals surface area (Å²) in [7, 11) is 0. The van der Waals surface area contributed by atoms with Crippen LogP contribution in [0.5, 0.6) is 0 Å². The summed E-state index contributed by atoms with van der Waals surface area (Å²) in [6.07, 6.45) is 1.60. The van der Waals surface area contributed by atoms with Gasteiger partial charge in [0.1, 0.15) is 16.1 Å². The fourth-order valence-corrected chi connectivity index (χ4v) is 4.59. The van der Waals surface area contributed by atoms with Crippen LogP contribution in [0.3, 0.4) is 0 Å². The fraction of sp³-hybridized carbons (Fsp3) is 0.0833. The molecule has 15 heteroatoms. The Balaban J connectivity index is 0.000000195. The van der Waals surface area contributed by atoms with Crippen LogP contribution in [0.15, 0.2) is 122 Å². The lowest BCUT2D eigenvalue weighted by Crippen LogP contribution is -2.05. The number of halogens is 5. The summed E-state index contributed by atoms with van der Waals surface area (Å²) < 4.78 is 39.9. The minimum Gasteiger partial charge on any atom is -0.399 e. The summed E-state index contributed by atoms with van der Waals surface area (Å²) in [5.41, 5.74) is 21.1. The van der Waals surface area contributed by atoms with Crippen molar-refractivity contribution in [3.63, 3.8) is 0 Å². The van der Waals surface area contributed by atoms with Gasteiger partial charge in [0.15, 0.2) is 11.6 Å². The Morgan fingerprint density at radius 1 is 0.647 bits per heavy atom. The fourth-order valence-electron chi connectivity index (χ4n) is 4.25. The van der Waals surface area contributed by atoms with E-state index in [1.54, 1.807) is 18.3 Å². The number of imidazole rings is 1. The molecule has 3 heterocycles. The number of aromatic nitrogens is 6. The van der Waals surface area contributed by atoms with Gasteiger partial charge >= 0.3 is 6.18 Å². The van der Waals surface area contributed by atoms with Gasteiger partial charge in [0, 0.05) is 11.4 Å². The molecular weight excluding hydrogens is 700 g/mol. The van der Waals surface area contributed by atoms with Crippen molar-refractivity contribution in [2.45, 2.75) is 20.0 Å². The summed E-state index contributed by atoms with van der Waals surface area (Å²) in [6, 6.07) is 27.5. The molecule has 0 radical (unpaired) electrons. The molecule has 0 fully saturated rings. The molecule has 0 spiro atoms. The maximum Gasteiger partial charge on any atom is 0.416 e. The maximum atomic E-state index is 12.7. The van der Waals surface area contributed by atoms with E-state index in [2.05, 4.69) is 30.2 Å². The first-order valence-corrected chi connectivity index (χ1v) is 15.8. The molecule has 0 atom stereocenters. The lowest BCUT2D eigenvalue weighted by atomic mass is 10.2. The zero-order valence-electron chi connectivity index (χ0n) is 27.4. The molecule has 10 nitrogen and oxygen atoms in total. The topological polar surface area (TPSA) is 159 Å². The molecule has 7 aromatic rings. The predicted molar refractivity (Wildman–Crippen MR) is 199 cm³/mol. The van der Waals surface area contributed by atoms with Crippen molar-refractivity contribution in [1.82, 2.24) is 29.5 Å². The van der Waals surface area contributed by atoms with Crippen molar-refractivity contribution in [2.24, 2.45) is 0 Å². The molecule has 0 aliphatic carbocycles. The van der Waals surface area contributed by atoms with E-state index in [9.17, 15) is 13.2 Å². The number of alkyl halides is 3. The molecule has 0 bridgehead atoms. The van der Waals surface area contributed by atoms with Crippen LogP contribution in [0.2, 0.25) is 10.3 Å². The first-order valence-electron chi connectivity index (χ1n) is 15.1. The van der Waals surface area contributed by atoms with Crippen LogP contribution in [-0.2, 0) is 6.18 Å². The highest BCUT2D eigenvalue weighted by Crippen LogP contribution is 2.30. The van der Waals surface area contributed by atoms with Crippen LogP contribution in [0.1, 0.15) is 17.0 Å². The Hall–Kier alpha value is -5.92. The van der Waals surface area contributed by atoms with Gasteiger partial charge in [-0.25, -0.2) is 15.0 Å². The molecule has 7 N–H and O–H groups in total. The van der Waals surface area contributed by atoms with Gasteiger partial charge in [-0.05, 0) is 74.5 Å². The minimum atomic E-state index is -4.36.